The summed E-state index contributed by atoms with van der Waals surface area (Å²) in [4.78, 5) is 19.6. The van der Waals surface area contributed by atoms with Gasteiger partial charge in [-0.15, -0.1) is 0 Å². The molecule has 1 N–H and O–H groups in total. The van der Waals surface area contributed by atoms with E-state index in [1.807, 2.05) is 0 Å². The van der Waals surface area contributed by atoms with E-state index in [0.29, 0.717) is 6.04 Å². The molecule has 32 heavy (non-hydrogen) atoms. The molecule has 0 aliphatic carbocycles. The second kappa shape index (κ2) is 10.8. The molecular weight excluding hydrogens is 396 g/mol. The highest BCUT2D eigenvalue weighted by atomic mass is 15.2. The molecule has 0 unspecified atom stereocenters. The number of fused-ring (bicyclic) bond motifs is 6. The molecule has 0 saturated heterocycles. The van der Waals surface area contributed by atoms with Gasteiger partial charge in [0.05, 0.1) is 34.2 Å². The number of nitrogens with one attached hydrogen (secondary N) is 1. The van der Waals surface area contributed by atoms with E-state index in [1.54, 1.807) is 0 Å². The fourth-order valence-corrected chi connectivity index (χ4v) is 4.03. The molecular formula is C26H34N6. The summed E-state index contributed by atoms with van der Waals surface area (Å²) in [6.45, 7) is 12.3. The van der Waals surface area contributed by atoms with Crippen LogP contribution < -0.4 is 5.32 Å². The van der Waals surface area contributed by atoms with Crippen LogP contribution in [0, 0.1) is 0 Å². The maximum absolute atomic E-state index is 4.99. The lowest BCUT2D eigenvalue weighted by Crippen LogP contribution is -2.31. The molecule has 1 aliphatic heterocycles. The van der Waals surface area contributed by atoms with Crippen molar-refractivity contribution in [1.29, 1.82) is 0 Å². The van der Waals surface area contributed by atoms with Gasteiger partial charge in [0, 0.05) is 45.3 Å². The molecule has 3 aromatic heterocycles. The molecule has 0 radical (unpaired) electrons. The van der Waals surface area contributed by atoms with Gasteiger partial charge in [-0.3, -0.25) is 24.8 Å². The number of hydrogen-bond acceptors (Lipinski definition) is 6. The van der Waals surface area contributed by atoms with E-state index in [2.05, 4.69) is 90.5 Å². The summed E-state index contributed by atoms with van der Waals surface area (Å²) in [5.74, 6) is 0. The first-order valence-corrected chi connectivity index (χ1v) is 11.6. The average molecular weight is 431 g/mol. The SMILES string of the molecule is CCN1Cc2cccc(n2)CNCc2cccc(n2)CN(C(C)C)Cc2cccc(n2)C1. The molecule has 0 spiro atoms. The molecule has 0 saturated carbocycles. The van der Waals surface area contributed by atoms with E-state index >= 15 is 0 Å². The van der Waals surface area contributed by atoms with Crippen molar-refractivity contribution in [3.63, 3.8) is 0 Å². The highest BCUT2D eigenvalue weighted by Gasteiger charge is 2.14. The van der Waals surface area contributed by atoms with E-state index < -0.39 is 0 Å². The smallest absolute Gasteiger partial charge is 0.0548 e. The molecule has 1 aliphatic rings. The second-order valence-electron chi connectivity index (χ2n) is 8.77. The summed E-state index contributed by atoms with van der Waals surface area (Å²) in [5.41, 5.74) is 6.50. The Morgan fingerprint density at radius 2 is 1.09 bits per heavy atom. The maximum atomic E-state index is 4.99. The minimum atomic E-state index is 0.401. The predicted octanol–water partition coefficient (Wildman–Crippen LogP) is 3.91. The van der Waals surface area contributed by atoms with E-state index in [-0.39, 0.29) is 0 Å². The lowest BCUT2D eigenvalue weighted by Gasteiger charge is -2.26. The number of rotatable bonds is 2. The fourth-order valence-electron chi connectivity index (χ4n) is 4.03. The average Bonchev–Trinajstić information content (AvgIpc) is 2.78. The molecule has 6 bridgehead atoms. The molecule has 6 heteroatoms. The van der Waals surface area contributed by atoms with Gasteiger partial charge in [-0.1, -0.05) is 25.1 Å². The van der Waals surface area contributed by atoms with E-state index in [4.69, 9.17) is 15.0 Å². The van der Waals surface area contributed by atoms with Crippen molar-refractivity contribution in [3.8, 4) is 0 Å². The molecule has 3 aromatic rings. The predicted molar refractivity (Wildman–Crippen MR) is 127 cm³/mol. The Bertz CT molecular complexity index is 1020. The van der Waals surface area contributed by atoms with Crippen LogP contribution in [0.5, 0.6) is 0 Å². The molecule has 168 valence electrons. The Kier molecular flexibility index (Phi) is 7.58. The number of pyridine rings is 3. The first-order valence-electron chi connectivity index (χ1n) is 11.6. The van der Waals surface area contributed by atoms with Crippen molar-refractivity contribution in [2.24, 2.45) is 0 Å². The van der Waals surface area contributed by atoms with Crippen LogP contribution in [0.3, 0.4) is 0 Å². The normalized spacial score (nSPS) is 16.5. The lowest BCUT2D eigenvalue weighted by atomic mass is 10.2. The molecule has 0 fully saturated rings. The van der Waals surface area contributed by atoms with Crippen molar-refractivity contribution in [2.45, 2.75) is 66.1 Å². The van der Waals surface area contributed by atoms with Crippen molar-refractivity contribution >= 4 is 0 Å². The summed E-state index contributed by atoms with van der Waals surface area (Å²) in [6.07, 6.45) is 0. The van der Waals surface area contributed by atoms with Crippen LogP contribution in [0.4, 0.5) is 0 Å². The molecule has 4 rings (SSSR count). The van der Waals surface area contributed by atoms with Crippen molar-refractivity contribution in [1.82, 2.24) is 30.1 Å². The van der Waals surface area contributed by atoms with Crippen LogP contribution in [0.15, 0.2) is 54.6 Å². The Balaban J connectivity index is 1.65. The van der Waals surface area contributed by atoms with Gasteiger partial charge >= 0.3 is 0 Å². The molecule has 0 atom stereocenters. The molecule has 0 aromatic carbocycles. The van der Waals surface area contributed by atoms with Gasteiger partial charge in [0.2, 0.25) is 0 Å². The first kappa shape index (κ1) is 22.5. The van der Waals surface area contributed by atoms with Crippen LogP contribution in [-0.4, -0.2) is 37.3 Å². The second-order valence-corrected chi connectivity index (χ2v) is 8.77. The Morgan fingerprint density at radius 3 is 1.53 bits per heavy atom. The van der Waals surface area contributed by atoms with Crippen molar-refractivity contribution in [2.75, 3.05) is 6.54 Å². The highest BCUT2D eigenvalue weighted by molar-refractivity contribution is 5.15. The van der Waals surface area contributed by atoms with E-state index in [0.717, 1.165) is 80.0 Å². The summed E-state index contributed by atoms with van der Waals surface area (Å²) in [6, 6.07) is 19.4. The third kappa shape index (κ3) is 6.19. The zero-order chi connectivity index (χ0) is 22.3. The largest absolute Gasteiger partial charge is 0.306 e. The van der Waals surface area contributed by atoms with Crippen molar-refractivity contribution < 1.29 is 0 Å². The van der Waals surface area contributed by atoms with Crippen molar-refractivity contribution in [3.05, 3.63) is 88.8 Å². The van der Waals surface area contributed by atoms with Gasteiger partial charge < -0.3 is 5.32 Å². The molecule has 0 amide bonds. The van der Waals surface area contributed by atoms with Gasteiger partial charge in [0.25, 0.3) is 0 Å². The number of hydrogen-bond donors (Lipinski definition) is 1. The highest BCUT2D eigenvalue weighted by Crippen LogP contribution is 2.14. The summed E-state index contributed by atoms with van der Waals surface area (Å²) in [7, 11) is 0. The zero-order valence-corrected chi connectivity index (χ0v) is 19.5. The Hall–Kier alpha value is -2.67. The first-order chi connectivity index (χ1) is 15.6. The van der Waals surface area contributed by atoms with Gasteiger partial charge in [-0.05, 0) is 56.8 Å². The standard InChI is InChI=1S/C26H34N6/c1-4-31-16-23-10-5-8-21(28-23)14-27-15-22-9-6-12-25(29-22)18-32(20(2)3)19-26-13-7-11-24(17-31)30-26/h5-13,20,27H,4,14-19H2,1-3H3. The third-order valence-corrected chi connectivity index (χ3v) is 5.88. The van der Waals surface area contributed by atoms with E-state index in [1.165, 1.54) is 0 Å². The minimum absolute atomic E-state index is 0.401. The minimum Gasteiger partial charge on any atom is -0.306 e. The van der Waals surface area contributed by atoms with Gasteiger partial charge in [0.1, 0.15) is 0 Å². The zero-order valence-electron chi connectivity index (χ0n) is 19.5. The van der Waals surface area contributed by atoms with Gasteiger partial charge in [0.15, 0.2) is 0 Å². The number of nitrogens with zero attached hydrogens (tertiary/aromatic N) is 5. The van der Waals surface area contributed by atoms with Crippen LogP contribution in [0.1, 0.15) is 54.9 Å². The lowest BCUT2D eigenvalue weighted by molar-refractivity contribution is 0.198. The maximum Gasteiger partial charge on any atom is 0.0548 e. The number of aromatic nitrogens is 3. The van der Waals surface area contributed by atoms with E-state index in [9.17, 15) is 0 Å². The molecule has 4 heterocycles. The van der Waals surface area contributed by atoms with Crippen LogP contribution >= 0.6 is 0 Å². The summed E-state index contributed by atoms with van der Waals surface area (Å²) >= 11 is 0. The quantitative estimate of drug-likeness (QED) is 0.665. The van der Waals surface area contributed by atoms with Crippen LogP contribution in [0.2, 0.25) is 0 Å². The van der Waals surface area contributed by atoms with Crippen LogP contribution in [-0.2, 0) is 39.3 Å². The van der Waals surface area contributed by atoms with Gasteiger partial charge in [-0.25, -0.2) is 0 Å². The third-order valence-electron chi connectivity index (χ3n) is 5.88. The summed E-state index contributed by atoms with van der Waals surface area (Å²) in [5, 5.41) is 3.51. The Morgan fingerprint density at radius 1 is 0.688 bits per heavy atom. The van der Waals surface area contributed by atoms with Gasteiger partial charge in [-0.2, -0.15) is 0 Å². The Labute approximate surface area is 191 Å². The molecule has 6 nitrogen and oxygen atoms in total. The van der Waals surface area contributed by atoms with Crippen LogP contribution in [0.25, 0.3) is 0 Å². The monoisotopic (exact) mass is 430 g/mol. The fraction of sp³-hybridized carbons (Fsp3) is 0.423. The topological polar surface area (TPSA) is 57.2 Å². The summed E-state index contributed by atoms with van der Waals surface area (Å²) < 4.78 is 0.